The molecule has 0 atom stereocenters. The second-order valence-electron chi connectivity index (χ2n) is 14.9. The molecule has 1 heteroatoms. The van der Waals surface area contributed by atoms with Crippen LogP contribution in [0.3, 0.4) is 0 Å². The maximum atomic E-state index is 2.57. The summed E-state index contributed by atoms with van der Waals surface area (Å²) < 4.78 is 0. The molecule has 1 nitrogen and oxygen atoms in total. The molecule has 0 unspecified atom stereocenters. The van der Waals surface area contributed by atoms with Crippen LogP contribution < -0.4 is 4.90 Å². The summed E-state index contributed by atoms with van der Waals surface area (Å²) in [5.74, 6) is 0. The first-order chi connectivity index (χ1) is 23.8. The van der Waals surface area contributed by atoms with Gasteiger partial charge in [0.1, 0.15) is 0 Å². The molecular weight excluding hydrogens is 591 g/mol. The van der Waals surface area contributed by atoms with Crippen LogP contribution in [-0.2, 0) is 10.8 Å². The van der Waals surface area contributed by atoms with Crippen molar-refractivity contribution in [1.29, 1.82) is 0 Å². The van der Waals surface area contributed by atoms with Crippen LogP contribution in [0, 0.1) is 0 Å². The maximum absolute atomic E-state index is 2.57. The van der Waals surface area contributed by atoms with Gasteiger partial charge in [-0.15, -0.1) is 0 Å². The van der Waals surface area contributed by atoms with Crippen LogP contribution in [0.1, 0.15) is 49.9 Å². The maximum Gasteiger partial charge on any atom is 0.0546 e. The number of hydrogen-bond donors (Lipinski definition) is 0. The van der Waals surface area contributed by atoms with E-state index in [1.807, 2.05) is 0 Å². The molecule has 0 aromatic heterocycles. The van der Waals surface area contributed by atoms with E-state index < -0.39 is 0 Å². The Bertz CT molecular complexity index is 2670. The van der Waals surface area contributed by atoms with Gasteiger partial charge in [-0.1, -0.05) is 155 Å². The Hall–Kier alpha value is -5.66. The van der Waals surface area contributed by atoms with E-state index in [1.165, 1.54) is 93.9 Å². The highest BCUT2D eigenvalue weighted by Gasteiger charge is 2.39. The van der Waals surface area contributed by atoms with Gasteiger partial charge in [0.15, 0.2) is 0 Å². The fourth-order valence-corrected chi connectivity index (χ4v) is 9.19. The lowest BCUT2D eigenvalue weighted by Gasteiger charge is -2.31. The minimum Gasteiger partial charge on any atom is -0.309 e. The Morgan fingerprint density at radius 2 is 0.959 bits per heavy atom. The summed E-state index contributed by atoms with van der Waals surface area (Å²) in [5, 5.41) is 7.62. The second kappa shape index (κ2) is 9.94. The molecule has 2 aliphatic carbocycles. The third kappa shape index (κ3) is 3.82. The van der Waals surface area contributed by atoms with E-state index in [4.69, 9.17) is 0 Å². The predicted octanol–water partition coefficient (Wildman–Crippen LogP) is 13.2. The third-order valence-corrected chi connectivity index (χ3v) is 11.6. The standard InChI is InChI=1S/C48H37N/c1-47(2)41-21-12-10-19-38(41)46-42(47)22-13-23-44(46)49(31-25-27-36-35-17-9-11-20-40(35)48(3,4)43(36)28-31)45-29-39-32-15-6-5-14-30(32)24-26-34(39)33-16-7-8-18-37(33)45/h5-29H,1-4H3. The lowest BCUT2D eigenvalue weighted by atomic mass is 9.82. The Balaban J connectivity index is 1.34. The van der Waals surface area contributed by atoms with Crippen LogP contribution in [0.5, 0.6) is 0 Å². The monoisotopic (exact) mass is 627 g/mol. The van der Waals surface area contributed by atoms with Crippen molar-refractivity contribution >= 4 is 49.4 Å². The van der Waals surface area contributed by atoms with E-state index in [-0.39, 0.29) is 10.8 Å². The van der Waals surface area contributed by atoms with Crippen molar-refractivity contribution in [2.24, 2.45) is 0 Å². The predicted molar refractivity (Wildman–Crippen MR) is 209 cm³/mol. The first kappa shape index (κ1) is 28.4. The van der Waals surface area contributed by atoms with Crippen LogP contribution in [0.4, 0.5) is 17.1 Å². The van der Waals surface area contributed by atoms with Crippen LogP contribution in [0.2, 0.25) is 0 Å². The van der Waals surface area contributed by atoms with E-state index in [0.717, 1.165) is 0 Å². The molecule has 49 heavy (non-hydrogen) atoms. The van der Waals surface area contributed by atoms with Crippen molar-refractivity contribution in [2.75, 3.05) is 4.90 Å². The SMILES string of the molecule is CC1(C)c2ccccc2-c2ccc(N(c3cccc4c3-c3ccccc3C4(C)C)c3cc4c5ccccc5ccc4c4ccccc34)cc21. The molecule has 0 saturated heterocycles. The molecule has 0 radical (unpaired) electrons. The van der Waals surface area contributed by atoms with Gasteiger partial charge in [-0.25, -0.2) is 0 Å². The molecule has 234 valence electrons. The van der Waals surface area contributed by atoms with Gasteiger partial charge in [0.25, 0.3) is 0 Å². The van der Waals surface area contributed by atoms with Crippen molar-refractivity contribution in [3.63, 3.8) is 0 Å². The highest BCUT2D eigenvalue weighted by Crippen LogP contribution is 2.56. The second-order valence-corrected chi connectivity index (χ2v) is 14.9. The summed E-state index contributed by atoms with van der Waals surface area (Å²) in [6.07, 6.45) is 0. The van der Waals surface area contributed by atoms with Gasteiger partial charge in [-0.05, 0) is 90.1 Å². The molecule has 0 heterocycles. The summed E-state index contributed by atoms with van der Waals surface area (Å²) in [6, 6.07) is 56.9. The highest BCUT2D eigenvalue weighted by molar-refractivity contribution is 6.21. The van der Waals surface area contributed by atoms with Crippen molar-refractivity contribution in [3.05, 3.63) is 174 Å². The molecule has 0 saturated carbocycles. The number of anilines is 3. The smallest absolute Gasteiger partial charge is 0.0546 e. The first-order valence-corrected chi connectivity index (χ1v) is 17.5. The summed E-state index contributed by atoms with van der Waals surface area (Å²) in [5.41, 5.74) is 14.3. The van der Waals surface area contributed by atoms with Gasteiger partial charge < -0.3 is 4.90 Å². The van der Waals surface area contributed by atoms with Crippen molar-refractivity contribution < 1.29 is 0 Å². The zero-order valence-electron chi connectivity index (χ0n) is 28.4. The lowest BCUT2D eigenvalue weighted by molar-refractivity contribution is 0.660. The topological polar surface area (TPSA) is 3.24 Å². The molecule has 2 aliphatic rings. The van der Waals surface area contributed by atoms with Crippen molar-refractivity contribution in [3.8, 4) is 22.3 Å². The van der Waals surface area contributed by atoms with Gasteiger partial charge in [0.2, 0.25) is 0 Å². The van der Waals surface area contributed by atoms with Gasteiger partial charge in [-0.3, -0.25) is 0 Å². The number of fused-ring (bicyclic) bond motifs is 11. The Kier molecular flexibility index (Phi) is 5.75. The fraction of sp³-hybridized carbons (Fsp3) is 0.125. The molecule has 0 N–H and O–H groups in total. The minimum atomic E-state index is -0.109. The largest absolute Gasteiger partial charge is 0.309 e. The zero-order valence-corrected chi connectivity index (χ0v) is 28.4. The fourth-order valence-electron chi connectivity index (χ4n) is 9.19. The molecule has 0 amide bonds. The molecule has 10 rings (SSSR count). The number of hydrogen-bond acceptors (Lipinski definition) is 1. The average Bonchev–Trinajstić information content (AvgIpc) is 3.51. The van der Waals surface area contributed by atoms with E-state index >= 15 is 0 Å². The zero-order chi connectivity index (χ0) is 33.1. The Morgan fingerprint density at radius 1 is 0.367 bits per heavy atom. The summed E-state index contributed by atoms with van der Waals surface area (Å²) >= 11 is 0. The lowest BCUT2D eigenvalue weighted by Crippen LogP contribution is -2.17. The molecule has 0 aliphatic heterocycles. The molecular formula is C48H37N. The molecule has 0 spiro atoms. The van der Waals surface area contributed by atoms with Gasteiger partial charge in [0, 0.05) is 27.5 Å². The Morgan fingerprint density at radius 3 is 1.78 bits per heavy atom. The van der Waals surface area contributed by atoms with E-state index in [1.54, 1.807) is 0 Å². The van der Waals surface area contributed by atoms with Crippen molar-refractivity contribution in [2.45, 2.75) is 38.5 Å². The van der Waals surface area contributed by atoms with Crippen molar-refractivity contribution in [1.82, 2.24) is 0 Å². The van der Waals surface area contributed by atoms with Crippen LogP contribution in [0.15, 0.2) is 152 Å². The third-order valence-electron chi connectivity index (χ3n) is 11.6. The van der Waals surface area contributed by atoms with E-state index in [9.17, 15) is 0 Å². The summed E-state index contributed by atoms with van der Waals surface area (Å²) in [7, 11) is 0. The number of nitrogens with zero attached hydrogens (tertiary/aromatic N) is 1. The van der Waals surface area contributed by atoms with Crippen LogP contribution in [0.25, 0.3) is 54.6 Å². The van der Waals surface area contributed by atoms with Gasteiger partial charge >= 0.3 is 0 Å². The highest BCUT2D eigenvalue weighted by atomic mass is 15.1. The van der Waals surface area contributed by atoms with E-state index in [0.29, 0.717) is 0 Å². The van der Waals surface area contributed by atoms with Crippen LogP contribution in [-0.4, -0.2) is 0 Å². The first-order valence-electron chi connectivity index (χ1n) is 17.5. The average molecular weight is 628 g/mol. The van der Waals surface area contributed by atoms with E-state index in [2.05, 4.69) is 184 Å². The molecule has 8 aromatic carbocycles. The normalized spacial score (nSPS) is 14.9. The summed E-state index contributed by atoms with van der Waals surface area (Å²) in [6.45, 7) is 9.50. The Labute approximate surface area is 288 Å². The summed E-state index contributed by atoms with van der Waals surface area (Å²) in [4.78, 5) is 2.57. The van der Waals surface area contributed by atoms with Gasteiger partial charge in [-0.2, -0.15) is 0 Å². The number of benzene rings is 8. The minimum absolute atomic E-state index is 0.100. The van der Waals surface area contributed by atoms with Gasteiger partial charge in [0.05, 0.1) is 11.4 Å². The molecule has 0 fully saturated rings. The molecule has 8 aromatic rings. The molecule has 0 bridgehead atoms. The number of rotatable bonds is 3. The quantitative estimate of drug-likeness (QED) is 0.176. The van der Waals surface area contributed by atoms with Crippen LogP contribution >= 0.6 is 0 Å².